The third-order valence-electron chi connectivity index (χ3n) is 12.8. The first kappa shape index (κ1) is 46.5. The summed E-state index contributed by atoms with van der Waals surface area (Å²) in [6, 6.07) is 35.3. The van der Waals surface area contributed by atoms with Gasteiger partial charge in [0.2, 0.25) is 0 Å². The molecule has 3 N–H and O–H groups in total. The van der Waals surface area contributed by atoms with Crippen molar-refractivity contribution in [2.24, 2.45) is 7.05 Å². The van der Waals surface area contributed by atoms with E-state index >= 15 is 8.78 Å². The maximum absolute atomic E-state index is 15.6. The van der Waals surface area contributed by atoms with Crippen LogP contribution in [0, 0.1) is 25.5 Å². The van der Waals surface area contributed by atoms with Gasteiger partial charge >= 0.3 is 0 Å². The van der Waals surface area contributed by atoms with Crippen molar-refractivity contribution in [1.82, 2.24) is 9.47 Å². The van der Waals surface area contributed by atoms with Gasteiger partial charge in [-0.3, -0.25) is 4.72 Å². The average molecular weight is 940 g/mol. The second-order valence-corrected chi connectivity index (χ2v) is 20.8. The predicted octanol–water partition coefficient (Wildman–Crippen LogP) is 10.8. The minimum atomic E-state index is -3.88. The lowest BCUT2D eigenvalue weighted by molar-refractivity contribution is -0.00556. The predicted molar refractivity (Wildman–Crippen MR) is 264 cm³/mol. The number of benzene rings is 5. The molecule has 8 rings (SSSR count). The maximum Gasteiger partial charge on any atom is 0.261 e. The molecule has 5 aromatic carbocycles. The van der Waals surface area contributed by atoms with Crippen LogP contribution in [0.25, 0.3) is 22.4 Å². The topological polar surface area (TPSA) is 93.1 Å². The first-order chi connectivity index (χ1) is 31.1. The summed E-state index contributed by atoms with van der Waals surface area (Å²) in [6.45, 7) is 10.9. The number of nitrogens with zero attached hydrogens (tertiary/aromatic N) is 4. The molecule has 0 aliphatic carbocycles. The molecule has 342 valence electrons. The fourth-order valence-electron chi connectivity index (χ4n) is 8.72. The lowest BCUT2D eigenvalue weighted by Gasteiger charge is -2.37. The molecule has 14 heteroatoms. The summed E-state index contributed by atoms with van der Waals surface area (Å²) in [5, 5.41) is 14.7. The molecule has 6 aromatic rings. The number of piperazine rings is 1. The lowest BCUT2D eigenvalue weighted by atomic mass is 9.94. The molecule has 2 aliphatic heterocycles. The van der Waals surface area contributed by atoms with Gasteiger partial charge in [0, 0.05) is 120 Å². The number of likely N-dealkylation sites (tertiary alicyclic amines) is 1. The highest BCUT2D eigenvalue weighted by Gasteiger charge is 2.28. The molecule has 0 saturated carbocycles. The van der Waals surface area contributed by atoms with Crippen molar-refractivity contribution in [2.45, 2.75) is 61.5 Å². The molecule has 1 atom stereocenters. The highest BCUT2D eigenvalue weighted by molar-refractivity contribution is 7.99. The van der Waals surface area contributed by atoms with Crippen LogP contribution in [0.2, 0.25) is 5.02 Å². The van der Waals surface area contributed by atoms with Gasteiger partial charge in [0.1, 0.15) is 0 Å². The van der Waals surface area contributed by atoms with Gasteiger partial charge in [0.05, 0.1) is 16.2 Å². The Bertz CT molecular complexity index is 2700. The average Bonchev–Trinajstić information content (AvgIpc) is 3.59. The number of nitrogens with one attached hydrogen (secondary N) is 2. The van der Waals surface area contributed by atoms with E-state index in [1.165, 1.54) is 11.0 Å². The first-order valence-corrected chi connectivity index (χ1v) is 25.0. The number of thioether (sulfide) groups is 1. The molecule has 0 radical (unpaired) electrons. The van der Waals surface area contributed by atoms with Crippen molar-refractivity contribution in [3.8, 4) is 22.4 Å². The number of piperidine rings is 1. The van der Waals surface area contributed by atoms with E-state index in [0.29, 0.717) is 48.1 Å². The van der Waals surface area contributed by atoms with Crippen LogP contribution < -0.4 is 19.8 Å². The number of sulfonamides is 1. The molecule has 3 heterocycles. The van der Waals surface area contributed by atoms with Crippen LogP contribution >= 0.6 is 23.4 Å². The molecule has 2 saturated heterocycles. The summed E-state index contributed by atoms with van der Waals surface area (Å²) in [7, 11) is -1.97. The highest BCUT2D eigenvalue weighted by atomic mass is 35.5. The van der Waals surface area contributed by atoms with Crippen molar-refractivity contribution < 1.29 is 22.3 Å². The smallest absolute Gasteiger partial charge is 0.261 e. The first-order valence-electron chi connectivity index (χ1n) is 22.2. The Balaban J connectivity index is 0.891. The normalized spacial score (nSPS) is 16.1. The van der Waals surface area contributed by atoms with Crippen LogP contribution in [0.3, 0.4) is 0 Å². The van der Waals surface area contributed by atoms with Gasteiger partial charge in [-0.05, 0) is 130 Å². The highest BCUT2D eigenvalue weighted by Crippen LogP contribution is 2.39. The van der Waals surface area contributed by atoms with Crippen LogP contribution in [0.4, 0.5) is 31.5 Å². The van der Waals surface area contributed by atoms with Gasteiger partial charge in [0.25, 0.3) is 10.0 Å². The Morgan fingerprint density at radius 1 is 0.800 bits per heavy atom. The standard InChI is InChI=1S/C51H57ClF2N6O3S2/c1-35-30-44(18-19-48(35)55-40(34-64-43-8-6-5-7-9-43)20-23-58-24-21-51(3,61)22-25-58)65(62,63)56-39-14-16-41(17-15-39)59-26-28-60(29-27-59)42-32-45(49(54)47(53)33-42)46-31-36(2)57(4)50(46)37-10-12-38(52)13-11-37/h5-19,30-33,40,55-56,61H,20-29,34H2,1-4H3/t40-/m1/s1. The second kappa shape index (κ2) is 19.8. The van der Waals surface area contributed by atoms with Crippen molar-refractivity contribution in [2.75, 3.05) is 71.4 Å². The summed E-state index contributed by atoms with van der Waals surface area (Å²) in [5.41, 5.74) is 6.49. The van der Waals surface area contributed by atoms with Crippen molar-refractivity contribution in [3.05, 3.63) is 143 Å². The zero-order valence-corrected chi connectivity index (χ0v) is 39.7. The molecule has 0 bridgehead atoms. The van der Waals surface area contributed by atoms with Gasteiger partial charge in [-0.25, -0.2) is 17.2 Å². The van der Waals surface area contributed by atoms with Crippen LogP contribution in [0.1, 0.15) is 37.4 Å². The van der Waals surface area contributed by atoms with E-state index in [0.717, 1.165) is 78.5 Å². The number of aryl methyl sites for hydroxylation is 2. The number of halogens is 3. The van der Waals surface area contributed by atoms with Crippen LogP contribution in [0.5, 0.6) is 0 Å². The van der Waals surface area contributed by atoms with E-state index < -0.39 is 27.3 Å². The number of rotatable bonds is 15. The van der Waals surface area contributed by atoms with Gasteiger partial charge < -0.3 is 29.7 Å². The fourth-order valence-corrected chi connectivity index (χ4v) is 11.0. The van der Waals surface area contributed by atoms with E-state index in [2.05, 4.69) is 36.9 Å². The van der Waals surface area contributed by atoms with Crippen molar-refractivity contribution in [3.63, 3.8) is 0 Å². The van der Waals surface area contributed by atoms with Crippen LogP contribution in [-0.4, -0.2) is 86.2 Å². The molecule has 65 heavy (non-hydrogen) atoms. The number of anilines is 4. The minimum Gasteiger partial charge on any atom is -0.390 e. The molecular formula is C51H57ClF2N6O3S2. The van der Waals surface area contributed by atoms with Crippen LogP contribution in [-0.2, 0) is 17.1 Å². The Labute approximate surface area is 391 Å². The molecule has 1 aromatic heterocycles. The summed E-state index contributed by atoms with van der Waals surface area (Å²) in [4.78, 5) is 8.07. The summed E-state index contributed by atoms with van der Waals surface area (Å²) in [6.07, 6.45) is 2.44. The van der Waals surface area contributed by atoms with E-state index in [4.69, 9.17) is 11.6 Å². The number of aliphatic hydroxyl groups is 1. The minimum absolute atomic E-state index is 0.140. The van der Waals surface area contributed by atoms with E-state index in [-0.39, 0.29) is 16.5 Å². The summed E-state index contributed by atoms with van der Waals surface area (Å²) >= 11 is 7.96. The van der Waals surface area contributed by atoms with E-state index in [9.17, 15) is 13.5 Å². The molecule has 2 aliphatic rings. The quantitative estimate of drug-likeness (QED) is 0.0877. The monoisotopic (exact) mass is 938 g/mol. The molecule has 0 amide bonds. The summed E-state index contributed by atoms with van der Waals surface area (Å²) < 4.78 is 63.0. The maximum atomic E-state index is 15.6. The van der Waals surface area contributed by atoms with Gasteiger partial charge in [-0.1, -0.05) is 41.9 Å². The largest absolute Gasteiger partial charge is 0.390 e. The third-order valence-corrected chi connectivity index (χ3v) is 15.6. The zero-order valence-electron chi connectivity index (χ0n) is 37.3. The molecular weight excluding hydrogens is 882 g/mol. The number of aromatic nitrogens is 1. The van der Waals surface area contributed by atoms with Crippen LogP contribution in [0.15, 0.2) is 125 Å². The van der Waals surface area contributed by atoms with Gasteiger partial charge in [0.15, 0.2) is 11.6 Å². The van der Waals surface area contributed by atoms with Gasteiger partial charge in [-0.2, -0.15) is 0 Å². The fraction of sp³-hybridized carbons (Fsp3) is 0.333. The molecule has 2 fully saturated rings. The SMILES string of the molecule is Cc1cc(S(=O)(=O)Nc2ccc(N3CCN(c4cc(F)c(F)c(-c5cc(C)n(C)c5-c5ccc(Cl)cc5)c4)CC3)cc2)ccc1N[C@H](CCN1CCC(C)(O)CC1)CSc1ccccc1. The third kappa shape index (κ3) is 11.1. The molecule has 0 unspecified atom stereocenters. The van der Waals surface area contributed by atoms with Crippen molar-refractivity contribution >= 4 is 56.1 Å². The Hall–Kier alpha value is -5.05. The van der Waals surface area contributed by atoms with Crippen molar-refractivity contribution in [1.29, 1.82) is 0 Å². The Morgan fingerprint density at radius 2 is 1.46 bits per heavy atom. The summed E-state index contributed by atoms with van der Waals surface area (Å²) in [5.74, 6) is -0.940. The molecule has 0 spiro atoms. The Morgan fingerprint density at radius 3 is 2.12 bits per heavy atom. The lowest BCUT2D eigenvalue weighted by Crippen LogP contribution is -2.46. The second-order valence-electron chi connectivity index (χ2n) is 17.6. The van der Waals surface area contributed by atoms with E-state index in [1.807, 2.05) is 87.0 Å². The van der Waals surface area contributed by atoms with Gasteiger partial charge in [-0.15, -0.1) is 11.8 Å². The Kier molecular flexibility index (Phi) is 14.2. The molecule has 9 nitrogen and oxygen atoms in total. The number of hydrogen-bond donors (Lipinski definition) is 3. The van der Waals surface area contributed by atoms with E-state index in [1.54, 1.807) is 54.2 Å². The zero-order chi connectivity index (χ0) is 45.9. The number of hydrogen-bond acceptors (Lipinski definition) is 8.